The van der Waals surface area contributed by atoms with Crippen molar-refractivity contribution < 1.29 is 9.59 Å². The molecule has 2 aliphatic carbocycles. The molecule has 4 rings (SSSR count). The summed E-state index contributed by atoms with van der Waals surface area (Å²) in [6.07, 6.45) is 9.14. The van der Waals surface area contributed by atoms with Gasteiger partial charge < -0.3 is 15.5 Å². The quantitative estimate of drug-likeness (QED) is 0.620. The van der Waals surface area contributed by atoms with Crippen LogP contribution in [0.4, 0.5) is 11.8 Å². The van der Waals surface area contributed by atoms with Crippen LogP contribution in [0.3, 0.4) is 0 Å². The Labute approximate surface area is 196 Å². The maximum absolute atomic E-state index is 13.2. The van der Waals surface area contributed by atoms with Gasteiger partial charge in [0.25, 0.3) is 0 Å². The van der Waals surface area contributed by atoms with Gasteiger partial charge in [-0.2, -0.15) is 4.98 Å². The Morgan fingerprint density at radius 1 is 0.879 bits per heavy atom. The van der Waals surface area contributed by atoms with E-state index in [1.54, 1.807) is 6.20 Å². The van der Waals surface area contributed by atoms with E-state index in [0.29, 0.717) is 17.6 Å². The number of carbonyl (C=O) groups excluding carboxylic acids is 2. The highest BCUT2D eigenvalue weighted by molar-refractivity contribution is 6.00. The molecule has 0 spiro atoms. The third-order valence-corrected chi connectivity index (χ3v) is 7.00. The van der Waals surface area contributed by atoms with E-state index in [-0.39, 0.29) is 29.6 Å². The van der Waals surface area contributed by atoms with Crippen molar-refractivity contribution in [3.8, 4) is 0 Å². The molecule has 33 heavy (non-hydrogen) atoms. The van der Waals surface area contributed by atoms with E-state index in [0.717, 1.165) is 57.2 Å². The van der Waals surface area contributed by atoms with Crippen LogP contribution in [0.2, 0.25) is 0 Å². The van der Waals surface area contributed by atoms with Crippen molar-refractivity contribution in [2.24, 2.45) is 11.8 Å². The molecule has 0 bridgehead atoms. The maximum atomic E-state index is 13.2. The van der Waals surface area contributed by atoms with Crippen LogP contribution >= 0.6 is 0 Å². The van der Waals surface area contributed by atoms with Crippen LogP contribution in [0.25, 0.3) is 0 Å². The van der Waals surface area contributed by atoms with Gasteiger partial charge in [0.15, 0.2) is 5.78 Å². The zero-order valence-electron chi connectivity index (χ0n) is 19.7. The summed E-state index contributed by atoms with van der Waals surface area (Å²) in [6, 6.07) is 11.8. The Hall–Kier alpha value is -2.96. The standard InChI is InChI=1S/C26H35N5O2/c1-31(2)23-16-17-27-26(30-23)29-20-14-12-19(13-15-20)28-25(33)22-11-7-6-10-21(22)24(32)18-8-4-3-5-9-18/h3-5,8-9,16-17,19-22H,6-7,10-15H2,1-2H3,(H,28,33)(H,27,29,30)/t19-,20+,21-,22?/m1/s1. The minimum atomic E-state index is -0.218. The molecule has 176 valence electrons. The Balaban J connectivity index is 1.30. The zero-order chi connectivity index (χ0) is 23.2. The second kappa shape index (κ2) is 10.8. The van der Waals surface area contributed by atoms with Gasteiger partial charge in [-0.1, -0.05) is 43.2 Å². The lowest BCUT2D eigenvalue weighted by molar-refractivity contribution is -0.128. The van der Waals surface area contributed by atoms with Gasteiger partial charge in [-0.15, -0.1) is 0 Å². The Morgan fingerprint density at radius 2 is 1.55 bits per heavy atom. The molecule has 2 atom stereocenters. The van der Waals surface area contributed by atoms with E-state index in [9.17, 15) is 9.59 Å². The molecule has 0 saturated heterocycles. The van der Waals surface area contributed by atoms with E-state index in [2.05, 4.69) is 20.6 Å². The van der Waals surface area contributed by atoms with Crippen LogP contribution < -0.4 is 15.5 Å². The highest BCUT2D eigenvalue weighted by Crippen LogP contribution is 2.33. The number of aromatic nitrogens is 2. The Bertz CT molecular complexity index is 941. The van der Waals surface area contributed by atoms with Crippen molar-refractivity contribution in [3.05, 3.63) is 48.2 Å². The van der Waals surface area contributed by atoms with E-state index >= 15 is 0 Å². The molecule has 1 heterocycles. The number of benzene rings is 1. The highest BCUT2D eigenvalue weighted by Gasteiger charge is 2.37. The summed E-state index contributed by atoms with van der Waals surface area (Å²) in [5.41, 5.74) is 0.717. The fraction of sp³-hybridized carbons (Fsp3) is 0.538. The second-order valence-electron chi connectivity index (χ2n) is 9.56. The number of hydrogen-bond acceptors (Lipinski definition) is 6. The van der Waals surface area contributed by atoms with Gasteiger partial charge in [0, 0.05) is 49.8 Å². The molecule has 7 nitrogen and oxygen atoms in total. The smallest absolute Gasteiger partial charge is 0.224 e. The van der Waals surface area contributed by atoms with Gasteiger partial charge in [0.2, 0.25) is 11.9 Å². The predicted molar refractivity (Wildman–Crippen MR) is 130 cm³/mol. The average molecular weight is 450 g/mol. The van der Waals surface area contributed by atoms with Gasteiger partial charge in [-0.3, -0.25) is 9.59 Å². The molecule has 2 aromatic rings. The number of nitrogens with one attached hydrogen (secondary N) is 2. The van der Waals surface area contributed by atoms with Crippen LogP contribution in [0.5, 0.6) is 0 Å². The summed E-state index contributed by atoms with van der Waals surface area (Å²) in [5.74, 6) is 1.27. The number of ketones is 1. The summed E-state index contributed by atoms with van der Waals surface area (Å²) in [6.45, 7) is 0. The first kappa shape index (κ1) is 23.2. The van der Waals surface area contributed by atoms with E-state index in [1.165, 1.54) is 0 Å². The first-order valence-electron chi connectivity index (χ1n) is 12.2. The number of carbonyl (C=O) groups is 2. The lowest BCUT2D eigenvalue weighted by atomic mass is 9.74. The molecular formula is C26H35N5O2. The van der Waals surface area contributed by atoms with Crippen molar-refractivity contribution in [3.63, 3.8) is 0 Å². The molecule has 1 amide bonds. The van der Waals surface area contributed by atoms with Gasteiger partial charge in [0.05, 0.1) is 0 Å². The van der Waals surface area contributed by atoms with E-state index in [1.807, 2.05) is 55.4 Å². The number of Topliss-reactive ketones (excluding diaryl/α,β-unsaturated/α-hetero) is 1. The van der Waals surface area contributed by atoms with Gasteiger partial charge >= 0.3 is 0 Å². The molecular weight excluding hydrogens is 414 g/mol. The largest absolute Gasteiger partial charge is 0.363 e. The minimum Gasteiger partial charge on any atom is -0.363 e. The van der Waals surface area contributed by atoms with Crippen LogP contribution in [-0.4, -0.2) is 47.8 Å². The summed E-state index contributed by atoms with van der Waals surface area (Å²) in [5, 5.41) is 6.72. The average Bonchev–Trinajstić information content (AvgIpc) is 2.85. The van der Waals surface area contributed by atoms with Crippen molar-refractivity contribution in [1.29, 1.82) is 0 Å². The lowest BCUT2D eigenvalue weighted by Crippen LogP contribution is -2.46. The Kier molecular flexibility index (Phi) is 7.57. The SMILES string of the molecule is CN(C)c1ccnc(N[C@H]2CC[C@@H](NC(=O)C3CCCC[C@H]3C(=O)c3ccccc3)CC2)n1. The molecule has 0 aliphatic heterocycles. The number of amides is 1. The van der Waals surface area contributed by atoms with Crippen molar-refractivity contribution in [2.75, 3.05) is 24.3 Å². The normalized spacial score (nSPS) is 25.2. The first-order valence-corrected chi connectivity index (χ1v) is 12.2. The van der Waals surface area contributed by atoms with Gasteiger partial charge in [0.1, 0.15) is 5.82 Å². The van der Waals surface area contributed by atoms with Crippen LogP contribution in [0.15, 0.2) is 42.6 Å². The molecule has 1 unspecified atom stereocenters. The topological polar surface area (TPSA) is 87.2 Å². The minimum absolute atomic E-state index is 0.0578. The molecule has 2 fully saturated rings. The van der Waals surface area contributed by atoms with Crippen LogP contribution in [0, 0.1) is 11.8 Å². The van der Waals surface area contributed by atoms with Crippen LogP contribution in [0.1, 0.15) is 61.7 Å². The fourth-order valence-corrected chi connectivity index (χ4v) is 5.12. The molecule has 2 aliphatic rings. The predicted octanol–water partition coefficient (Wildman–Crippen LogP) is 4.07. The fourth-order valence-electron chi connectivity index (χ4n) is 5.12. The first-order chi connectivity index (χ1) is 16.0. The highest BCUT2D eigenvalue weighted by atomic mass is 16.2. The maximum Gasteiger partial charge on any atom is 0.224 e. The molecule has 2 saturated carbocycles. The number of anilines is 2. The number of hydrogen-bond donors (Lipinski definition) is 2. The summed E-state index contributed by atoms with van der Waals surface area (Å²) in [7, 11) is 3.93. The molecule has 1 aromatic carbocycles. The molecule has 7 heteroatoms. The summed E-state index contributed by atoms with van der Waals surface area (Å²) < 4.78 is 0. The molecule has 2 N–H and O–H groups in total. The molecule has 0 radical (unpaired) electrons. The van der Waals surface area contributed by atoms with Crippen molar-refractivity contribution in [1.82, 2.24) is 15.3 Å². The lowest BCUT2D eigenvalue weighted by Gasteiger charge is -2.34. The van der Waals surface area contributed by atoms with E-state index < -0.39 is 0 Å². The second-order valence-corrected chi connectivity index (χ2v) is 9.56. The van der Waals surface area contributed by atoms with Crippen molar-refractivity contribution >= 4 is 23.5 Å². The zero-order valence-corrected chi connectivity index (χ0v) is 19.7. The van der Waals surface area contributed by atoms with Gasteiger partial charge in [-0.05, 0) is 44.6 Å². The third-order valence-electron chi connectivity index (χ3n) is 7.00. The van der Waals surface area contributed by atoms with Gasteiger partial charge in [-0.25, -0.2) is 4.98 Å². The van der Waals surface area contributed by atoms with Crippen LogP contribution in [-0.2, 0) is 4.79 Å². The van der Waals surface area contributed by atoms with Crippen molar-refractivity contribution in [2.45, 2.75) is 63.5 Å². The monoisotopic (exact) mass is 449 g/mol. The summed E-state index contributed by atoms with van der Waals surface area (Å²) in [4.78, 5) is 37.1. The Morgan fingerprint density at radius 3 is 2.24 bits per heavy atom. The third kappa shape index (κ3) is 5.89. The summed E-state index contributed by atoms with van der Waals surface area (Å²) >= 11 is 0. The van der Waals surface area contributed by atoms with E-state index in [4.69, 9.17) is 0 Å². The molecule has 1 aromatic heterocycles. The number of nitrogens with zero attached hydrogens (tertiary/aromatic N) is 3. The number of rotatable bonds is 7.